The van der Waals surface area contributed by atoms with Crippen molar-refractivity contribution in [2.24, 2.45) is 0 Å². The maximum atomic E-state index is 11.1. The van der Waals surface area contributed by atoms with Crippen LogP contribution in [0.25, 0.3) is 0 Å². The SMILES string of the molecule is CCCCCCCCC=CCCCCCCCCC(CN(CC=O)C(=O)O)NC. The first kappa shape index (κ1) is 27.6. The number of amides is 1. The first-order valence-electron chi connectivity index (χ1n) is 11.9. The van der Waals surface area contributed by atoms with Crippen LogP contribution >= 0.6 is 0 Å². The van der Waals surface area contributed by atoms with E-state index in [9.17, 15) is 9.59 Å². The summed E-state index contributed by atoms with van der Waals surface area (Å²) < 4.78 is 0. The second-order valence-electron chi connectivity index (χ2n) is 8.07. The van der Waals surface area contributed by atoms with Crippen LogP contribution in [0.1, 0.15) is 103 Å². The maximum Gasteiger partial charge on any atom is 0.407 e. The molecule has 29 heavy (non-hydrogen) atoms. The molecule has 0 saturated heterocycles. The van der Waals surface area contributed by atoms with Crippen LogP contribution in [0.5, 0.6) is 0 Å². The van der Waals surface area contributed by atoms with Crippen molar-refractivity contribution in [3.05, 3.63) is 12.2 Å². The van der Waals surface area contributed by atoms with E-state index in [2.05, 4.69) is 24.4 Å². The molecule has 0 aromatic carbocycles. The summed E-state index contributed by atoms with van der Waals surface area (Å²) in [6.07, 6.45) is 23.3. The van der Waals surface area contributed by atoms with Gasteiger partial charge in [-0.1, -0.05) is 83.3 Å². The number of unbranched alkanes of at least 4 members (excludes halogenated alkanes) is 12. The van der Waals surface area contributed by atoms with Gasteiger partial charge in [0.25, 0.3) is 0 Å². The molecule has 5 nitrogen and oxygen atoms in total. The number of nitrogens with one attached hydrogen (secondary N) is 1. The van der Waals surface area contributed by atoms with E-state index in [1.165, 1.54) is 88.4 Å². The van der Waals surface area contributed by atoms with Crippen LogP contribution in [0.3, 0.4) is 0 Å². The normalized spacial score (nSPS) is 12.3. The Morgan fingerprint density at radius 1 is 0.897 bits per heavy atom. The molecule has 1 atom stereocenters. The summed E-state index contributed by atoms with van der Waals surface area (Å²) in [5.41, 5.74) is 0. The highest BCUT2D eigenvalue weighted by Crippen LogP contribution is 2.12. The minimum absolute atomic E-state index is 0.0546. The van der Waals surface area contributed by atoms with E-state index in [1.807, 2.05) is 7.05 Å². The van der Waals surface area contributed by atoms with E-state index >= 15 is 0 Å². The van der Waals surface area contributed by atoms with E-state index in [0.29, 0.717) is 12.8 Å². The molecule has 0 aromatic heterocycles. The Bertz CT molecular complexity index is 413. The lowest BCUT2D eigenvalue weighted by atomic mass is 10.0. The number of hydrogen-bond donors (Lipinski definition) is 2. The van der Waals surface area contributed by atoms with Gasteiger partial charge in [0.15, 0.2) is 0 Å². The second kappa shape index (κ2) is 21.4. The molecule has 0 bridgehead atoms. The number of hydrogen-bond acceptors (Lipinski definition) is 3. The molecule has 0 rings (SSSR count). The van der Waals surface area contributed by atoms with Gasteiger partial charge in [-0.3, -0.25) is 4.90 Å². The molecule has 2 N–H and O–H groups in total. The monoisotopic (exact) mass is 410 g/mol. The van der Waals surface area contributed by atoms with Gasteiger partial charge in [-0.25, -0.2) is 4.79 Å². The average molecular weight is 411 g/mol. The zero-order chi connectivity index (χ0) is 21.6. The Morgan fingerprint density at radius 3 is 1.90 bits per heavy atom. The van der Waals surface area contributed by atoms with Gasteiger partial charge in [-0.05, 0) is 39.2 Å². The molecule has 0 saturated carbocycles. The summed E-state index contributed by atoms with van der Waals surface area (Å²) in [5, 5.41) is 12.3. The van der Waals surface area contributed by atoms with Crippen molar-refractivity contribution in [3.63, 3.8) is 0 Å². The summed E-state index contributed by atoms with van der Waals surface area (Å²) in [7, 11) is 1.85. The number of aldehydes is 1. The van der Waals surface area contributed by atoms with Gasteiger partial charge < -0.3 is 15.2 Å². The van der Waals surface area contributed by atoms with Crippen LogP contribution in [0, 0.1) is 0 Å². The smallest absolute Gasteiger partial charge is 0.407 e. The lowest BCUT2D eigenvalue weighted by Crippen LogP contribution is -2.42. The Kier molecular flexibility index (Phi) is 20.3. The summed E-state index contributed by atoms with van der Waals surface area (Å²) >= 11 is 0. The third-order valence-electron chi connectivity index (χ3n) is 5.48. The molecule has 170 valence electrons. The summed E-state index contributed by atoms with van der Waals surface area (Å²) in [4.78, 5) is 22.9. The molecule has 5 heteroatoms. The van der Waals surface area contributed by atoms with E-state index < -0.39 is 6.09 Å². The largest absolute Gasteiger partial charge is 0.465 e. The summed E-state index contributed by atoms with van der Waals surface area (Å²) in [5.74, 6) is 0. The zero-order valence-electron chi connectivity index (χ0n) is 19.0. The van der Waals surface area contributed by atoms with E-state index in [-0.39, 0.29) is 12.6 Å². The van der Waals surface area contributed by atoms with Gasteiger partial charge in [0, 0.05) is 12.6 Å². The molecule has 0 aliphatic heterocycles. The fraction of sp³-hybridized carbons (Fsp3) is 0.833. The highest BCUT2D eigenvalue weighted by molar-refractivity contribution is 5.69. The minimum Gasteiger partial charge on any atom is -0.465 e. The number of carbonyl (C=O) groups is 2. The quantitative estimate of drug-likeness (QED) is 0.135. The molecule has 1 amide bonds. The molecule has 0 fully saturated rings. The summed E-state index contributed by atoms with van der Waals surface area (Å²) in [6.45, 7) is 2.58. The van der Waals surface area contributed by atoms with Crippen molar-refractivity contribution in [1.29, 1.82) is 0 Å². The van der Waals surface area contributed by atoms with E-state index in [1.54, 1.807) is 0 Å². The summed E-state index contributed by atoms with van der Waals surface area (Å²) in [6, 6.07) is 0.114. The molecular weight excluding hydrogens is 364 g/mol. The number of rotatable bonds is 21. The van der Waals surface area contributed by atoms with Crippen LogP contribution in [0.15, 0.2) is 12.2 Å². The molecule has 0 aromatic rings. The Labute approximate surface area is 179 Å². The van der Waals surface area contributed by atoms with E-state index in [4.69, 9.17) is 5.11 Å². The van der Waals surface area contributed by atoms with Crippen LogP contribution in [0.4, 0.5) is 4.79 Å². The second-order valence-corrected chi connectivity index (χ2v) is 8.07. The first-order valence-corrected chi connectivity index (χ1v) is 11.9. The maximum absolute atomic E-state index is 11.1. The zero-order valence-corrected chi connectivity index (χ0v) is 19.0. The first-order chi connectivity index (χ1) is 14.2. The van der Waals surface area contributed by atoms with Crippen molar-refractivity contribution < 1.29 is 14.7 Å². The Balaban J connectivity index is 3.52. The van der Waals surface area contributed by atoms with Crippen LogP contribution in [-0.2, 0) is 4.79 Å². The van der Waals surface area contributed by atoms with Crippen molar-refractivity contribution in [3.8, 4) is 0 Å². The third-order valence-corrected chi connectivity index (χ3v) is 5.48. The van der Waals surface area contributed by atoms with Crippen molar-refractivity contribution in [2.75, 3.05) is 20.1 Å². The van der Waals surface area contributed by atoms with E-state index in [0.717, 1.165) is 12.8 Å². The highest BCUT2D eigenvalue weighted by atomic mass is 16.4. The molecule has 0 radical (unpaired) electrons. The predicted octanol–water partition coefficient (Wildman–Crippen LogP) is 6.18. The number of likely N-dealkylation sites (N-methyl/N-ethyl adjacent to an activating group) is 1. The Hall–Kier alpha value is -1.36. The lowest BCUT2D eigenvalue weighted by Gasteiger charge is -2.23. The molecule has 0 spiro atoms. The van der Waals surface area contributed by atoms with Crippen LogP contribution in [-0.4, -0.2) is 48.6 Å². The molecule has 0 heterocycles. The van der Waals surface area contributed by atoms with Gasteiger partial charge in [-0.15, -0.1) is 0 Å². The standard InChI is InChI=1S/C24H46N2O3/c1-3-4-5-6-7-8-9-10-11-12-13-14-15-16-17-18-19-23(25-2)22-26(20-21-27)24(28)29/h10-11,21,23,25H,3-9,12-20,22H2,1-2H3,(H,28,29). The van der Waals surface area contributed by atoms with Crippen molar-refractivity contribution >= 4 is 12.4 Å². The molecular formula is C24H46N2O3. The topological polar surface area (TPSA) is 69.6 Å². The fourth-order valence-electron chi connectivity index (χ4n) is 3.55. The molecule has 0 aliphatic carbocycles. The third kappa shape index (κ3) is 18.4. The lowest BCUT2D eigenvalue weighted by molar-refractivity contribution is -0.108. The van der Waals surface area contributed by atoms with Gasteiger partial charge in [0.2, 0.25) is 0 Å². The molecule has 1 unspecified atom stereocenters. The number of nitrogens with zero attached hydrogens (tertiary/aromatic N) is 1. The predicted molar refractivity (Wildman–Crippen MR) is 123 cm³/mol. The van der Waals surface area contributed by atoms with Gasteiger partial charge in [0.1, 0.15) is 6.29 Å². The van der Waals surface area contributed by atoms with Crippen LogP contribution < -0.4 is 5.32 Å². The van der Waals surface area contributed by atoms with Crippen LogP contribution in [0.2, 0.25) is 0 Å². The van der Waals surface area contributed by atoms with Gasteiger partial charge in [0.05, 0.1) is 6.54 Å². The number of carbonyl (C=O) groups excluding carboxylic acids is 1. The van der Waals surface area contributed by atoms with Crippen molar-refractivity contribution in [1.82, 2.24) is 10.2 Å². The molecule has 0 aliphatic rings. The van der Waals surface area contributed by atoms with Gasteiger partial charge in [-0.2, -0.15) is 0 Å². The Morgan fingerprint density at radius 2 is 1.41 bits per heavy atom. The highest BCUT2D eigenvalue weighted by Gasteiger charge is 2.16. The minimum atomic E-state index is -1.03. The number of carboxylic acid groups (broad SMARTS) is 1. The fourth-order valence-corrected chi connectivity index (χ4v) is 3.55. The van der Waals surface area contributed by atoms with Gasteiger partial charge >= 0.3 is 6.09 Å². The average Bonchev–Trinajstić information content (AvgIpc) is 2.71. The van der Waals surface area contributed by atoms with Crippen molar-refractivity contribution in [2.45, 2.75) is 109 Å². The number of allylic oxidation sites excluding steroid dienone is 2.